The molecule has 0 aliphatic carbocycles. The molecule has 2 saturated heterocycles. The summed E-state index contributed by atoms with van der Waals surface area (Å²) < 4.78 is 16.2. The first kappa shape index (κ1) is 17.0. The smallest absolute Gasteiger partial charge is 0.409 e. The Morgan fingerprint density at radius 2 is 1.92 bits per heavy atom. The number of cyclic esters (lactones) is 1. The summed E-state index contributed by atoms with van der Waals surface area (Å²) in [5.41, 5.74) is 1.10. The second-order valence-electron chi connectivity index (χ2n) is 6.85. The van der Waals surface area contributed by atoms with Crippen LogP contribution in [-0.2, 0) is 9.53 Å². The Hall–Kier alpha value is -2.44. The maximum Gasteiger partial charge on any atom is 0.409 e. The monoisotopic (exact) mass is 360 g/mol. The maximum absolute atomic E-state index is 12.7. The van der Waals surface area contributed by atoms with Crippen LogP contribution in [0.15, 0.2) is 18.2 Å². The molecule has 3 heterocycles. The van der Waals surface area contributed by atoms with E-state index in [4.69, 9.17) is 14.2 Å². The van der Waals surface area contributed by atoms with E-state index < -0.39 is 0 Å². The molecule has 2 fully saturated rings. The largest absolute Gasteiger partial charge is 0.486 e. The summed E-state index contributed by atoms with van der Waals surface area (Å²) in [6.07, 6.45) is 2.81. The molecular formula is C19H24N2O5. The standard InChI is InChI=1S/C19H24N2O5/c22-18(4-2-7-20-9-10-26-19(20)23)21-8-1-3-15(21)14-5-6-16-17(13-14)25-12-11-24-16/h5-6,13,15H,1-4,7-12H2/t15-/m1/s1. The van der Waals surface area contributed by atoms with Gasteiger partial charge < -0.3 is 24.0 Å². The maximum atomic E-state index is 12.7. The molecule has 1 aromatic rings. The minimum Gasteiger partial charge on any atom is -0.486 e. The molecule has 7 heteroatoms. The number of carbonyl (C=O) groups is 2. The van der Waals surface area contributed by atoms with Crippen molar-refractivity contribution < 1.29 is 23.8 Å². The van der Waals surface area contributed by atoms with Crippen LogP contribution >= 0.6 is 0 Å². The molecule has 3 aliphatic heterocycles. The van der Waals surface area contributed by atoms with Crippen LogP contribution in [0.5, 0.6) is 11.5 Å². The van der Waals surface area contributed by atoms with Crippen molar-refractivity contribution >= 4 is 12.0 Å². The zero-order valence-corrected chi connectivity index (χ0v) is 14.8. The Bertz CT molecular complexity index is 693. The van der Waals surface area contributed by atoms with Crippen LogP contribution in [0.2, 0.25) is 0 Å². The van der Waals surface area contributed by atoms with E-state index in [2.05, 4.69) is 0 Å². The minimum atomic E-state index is -0.271. The summed E-state index contributed by atoms with van der Waals surface area (Å²) in [6.45, 7) is 3.56. The lowest BCUT2D eigenvalue weighted by atomic mass is 10.0. The molecule has 26 heavy (non-hydrogen) atoms. The number of fused-ring (bicyclic) bond motifs is 1. The molecule has 0 spiro atoms. The summed E-state index contributed by atoms with van der Waals surface area (Å²) >= 11 is 0. The summed E-state index contributed by atoms with van der Waals surface area (Å²) in [4.78, 5) is 27.8. The van der Waals surface area contributed by atoms with E-state index in [1.807, 2.05) is 23.1 Å². The fourth-order valence-corrected chi connectivity index (χ4v) is 3.87. The van der Waals surface area contributed by atoms with E-state index >= 15 is 0 Å². The van der Waals surface area contributed by atoms with Crippen molar-refractivity contribution in [3.8, 4) is 11.5 Å². The fourth-order valence-electron chi connectivity index (χ4n) is 3.87. The number of hydrogen-bond donors (Lipinski definition) is 0. The van der Waals surface area contributed by atoms with Crippen molar-refractivity contribution in [2.24, 2.45) is 0 Å². The van der Waals surface area contributed by atoms with Crippen molar-refractivity contribution in [3.05, 3.63) is 23.8 Å². The summed E-state index contributed by atoms with van der Waals surface area (Å²) in [5.74, 6) is 1.68. The third-order valence-electron chi connectivity index (χ3n) is 5.19. The summed E-state index contributed by atoms with van der Waals surface area (Å²) in [7, 11) is 0. The number of amides is 2. The van der Waals surface area contributed by atoms with Gasteiger partial charge in [0.2, 0.25) is 5.91 Å². The lowest BCUT2D eigenvalue weighted by Gasteiger charge is -2.27. The highest BCUT2D eigenvalue weighted by Crippen LogP contribution is 2.38. The van der Waals surface area contributed by atoms with Gasteiger partial charge in [0.1, 0.15) is 19.8 Å². The van der Waals surface area contributed by atoms with Crippen molar-refractivity contribution in [3.63, 3.8) is 0 Å². The second kappa shape index (κ2) is 7.43. The predicted octanol–water partition coefficient (Wildman–Crippen LogP) is 2.35. The van der Waals surface area contributed by atoms with Crippen LogP contribution in [0.1, 0.15) is 37.3 Å². The lowest BCUT2D eigenvalue weighted by Crippen LogP contribution is -2.32. The van der Waals surface area contributed by atoms with Crippen LogP contribution in [0.4, 0.5) is 4.79 Å². The molecule has 1 atom stereocenters. The van der Waals surface area contributed by atoms with E-state index in [9.17, 15) is 9.59 Å². The molecule has 4 rings (SSSR count). The first-order valence-corrected chi connectivity index (χ1v) is 9.33. The first-order valence-electron chi connectivity index (χ1n) is 9.33. The Morgan fingerprint density at radius 3 is 2.73 bits per heavy atom. The number of carbonyl (C=O) groups excluding carboxylic acids is 2. The minimum absolute atomic E-state index is 0.0927. The van der Waals surface area contributed by atoms with E-state index in [1.165, 1.54) is 0 Å². The molecule has 140 valence electrons. The topological polar surface area (TPSA) is 68.3 Å². The first-order chi connectivity index (χ1) is 12.7. The van der Waals surface area contributed by atoms with Crippen molar-refractivity contribution in [1.29, 1.82) is 0 Å². The number of ether oxygens (including phenoxy) is 3. The van der Waals surface area contributed by atoms with Gasteiger partial charge in [-0.05, 0) is 37.0 Å². The van der Waals surface area contributed by atoms with Gasteiger partial charge in [-0.3, -0.25) is 4.79 Å². The fraction of sp³-hybridized carbons (Fsp3) is 0.579. The van der Waals surface area contributed by atoms with Gasteiger partial charge in [-0.15, -0.1) is 0 Å². The zero-order chi connectivity index (χ0) is 17.9. The van der Waals surface area contributed by atoms with Gasteiger partial charge in [0, 0.05) is 19.5 Å². The van der Waals surface area contributed by atoms with E-state index in [-0.39, 0.29) is 18.0 Å². The average molecular weight is 360 g/mol. The molecular weight excluding hydrogens is 336 g/mol. The lowest BCUT2D eigenvalue weighted by molar-refractivity contribution is -0.132. The molecule has 2 amide bonds. The van der Waals surface area contributed by atoms with Crippen molar-refractivity contribution in [1.82, 2.24) is 9.80 Å². The predicted molar refractivity (Wildman–Crippen MR) is 93.3 cm³/mol. The molecule has 3 aliphatic rings. The van der Waals surface area contributed by atoms with Gasteiger partial charge in [-0.1, -0.05) is 6.07 Å². The third kappa shape index (κ3) is 3.43. The number of rotatable bonds is 5. The summed E-state index contributed by atoms with van der Waals surface area (Å²) in [5, 5.41) is 0. The van der Waals surface area contributed by atoms with Gasteiger partial charge in [0.25, 0.3) is 0 Å². The van der Waals surface area contributed by atoms with Crippen molar-refractivity contribution in [2.45, 2.75) is 31.7 Å². The number of benzene rings is 1. The quantitative estimate of drug-likeness (QED) is 0.806. The van der Waals surface area contributed by atoms with Gasteiger partial charge in [0.15, 0.2) is 11.5 Å². The van der Waals surface area contributed by atoms with Gasteiger partial charge >= 0.3 is 6.09 Å². The van der Waals surface area contributed by atoms with Crippen molar-refractivity contribution in [2.75, 3.05) is 39.5 Å². The van der Waals surface area contributed by atoms with E-state index in [1.54, 1.807) is 4.90 Å². The highest BCUT2D eigenvalue weighted by molar-refractivity contribution is 5.77. The molecule has 0 N–H and O–H groups in total. The number of nitrogens with zero attached hydrogens (tertiary/aromatic N) is 2. The average Bonchev–Trinajstić information content (AvgIpc) is 3.31. The Morgan fingerprint density at radius 1 is 1.08 bits per heavy atom. The Kier molecular flexibility index (Phi) is 4.86. The van der Waals surface area contributed by atoms with E-state index in [0.29, 0.717) is 45.8 Å². The van der Waals surface area contributed by atoms with Gasteiger partial charge in [-0.25, -0.2) is 4.79 Å². The highest BCUT2D eigenvalue weighted by Gasteiger charge is 2.31. The van der Waals surface area contributed by atoms with Gasteiger partial charge in [-0.2, -0.15) is 0 Å². The van der Waals surface area contributed by atoms with Crippen LogP contribution in [0, 0.1) is 0 Å². The molecule has 0 bridgehead atoms. The SMILES string of the molecule is O=C1OCCN1CCCC(=O)N1CCC[C@@H]1c1ccc2c(c1)OCCO2. The van der Waals surface area contributed by atoms with Crippen LogP contribution in [-0.4, -0.2) is 61.3 Å². The summed E-state index contributed by atoms with van der Waals surface area (Å²) in [6, 6.07) is 6.06. The Labute approximate surface area is 152 Å². The number of hydrogen-bond acceptors (Lipinski definition) is 5. The number of likely N-dealkylation sites (tertiary alicyclic amines) is 1. The van der Waals surface area contributed by atoms with Crippen LogP contribution < -0.4 is 9.47 Å². The molecule has 0 saturated carbocycles. The van der Waals surface area contributed by atoms with E-state index in [0.717, 1.165) is 36.4 Å². The third-order valence-corrected chi connectivity index (χ3v) is 5.19. The molecule has 0 aromatic heterocycles. The van der Waals surface area contributed by atoms with Crippen LogP contribution in [0.25, 0.3) is 0 Å². The molecule has 0 unspecified atom stereocenters. The molecule has 1 aromatic carbocycles. The second-order valence-corrected chi connectivity index (χ2v) is 6.85. The van der Waals surface area contributed by atoms with Gasteiger partial charge in [0.05, 0.1) is 12.6 Å². The highest BCUT2D eigenvalue weighted by atomic mass is 16.6. The van der Waals surface area contributed by atoms with Crippen LogP contribution in [0.3, 0.4) is 0 Å². The molecule has 0 radical (unpaired) electrons. The Balaban J connectivity index is 1.36. The zero-order valence-electron chi connectivity index (χ0n) is 14.8. The normalized spacial score (nSPS) is 21.8. The molecule has 7 nitrogen and oxygen atoms in total.